The summed E-state index contributed by atoms with van der Waals surface area (Å²) in [5.74, 6) is -0.0993. The summed E-state index contributed by atoms with van der Waals surface area (Å²) < 4.78 is 27.6. The quantitative estimate of drug-likeness (QED) is 0.0984. The first kappa shape index (κ1) is 46.6. The largest absolute Gasteiger partial charge is 0.543 e. The molecule has 0 unspecified atom stereocenters. The predicted molar refractivity (Wildman–Crippen MR) is 231 cm³/mol. The average Bonchev–Trinajstić information content (AvgIpc) is 2.98. The maximum Gasteiger partial charge on any atom is 0.342 e. The molecule has 1 aromatic carbocycles. The minimum absolute atomic E-state index is 0.0164. The van der Waals surface area contributed by atoms with Gasteiger partial charge in [-0.3, -0.25) is 4.79 Å². The van der Waals surface area contributed by atoms with Crippen molar-refractivity contribution in [3.63, 3.8) is 0 Å². The number of nitrogens with one attached hydrogen (secondary N) is 1. The molecule has 1 N–H and O–H groups in total. The molecule has 0 saturated heterocycles. The Bertz CT molecular complexity index is 1490. The summed E-state index contributed by atoms with van der Waals surface area (Å²) in [7, 11) is -6.70. The zero-order chi connectivity index (χ0) is 40.5. The average molecular weight is 784 g/mol. The summed E-state index contributed by atoms with van der Waals surface area (Å²) >= 11 is 0. The van der Waals surface area contributed by atoms with Crippen LogP contribution in [0.2, 0.25) is 54.4 Å². The lowest BCUT2D eigenvalue weighted by Crippen LogP contribution is -2.48. The summed E-state index contributed by atoms with van der Waals surface area (Å²) in [6, 6.07) is 5.80. The van der Waals surface area contributed by atoms with Crippen molar-refractivity contribution in [3.8, 4) is 5.75 Å². The molecule has 0 bridgehead atoms. The van der Waals surface area contributed by atoms with E-state index in [0.29, 0.717) is 37.0 Å². The number of fused-ring (bicyclic) bond motifs is 1. The molecule has 2 rings (SSSR count). The van der Waals surface area contributed by atoms with Crippen LogP contribution in [0.1, 0.15) is 117 Å². The maximum absolute atomic E-state index is 14.4. The van der Waals surface area contributed by atoms with E-state index in [-0.39, 0.29) is 33.2 Å². The van der Waals surface area contributed by atoms with Crippen molar-refractivity contribution in [2.75, 3.05) is 0 Å². The Balaban J connectivity index is 2.70. The Kier molecular flexibility index (Phi) is 16.6. The molecule has 0 radical (unpaired) electrons. The Morgan fingerprint density at radius 3 is 1.98 bits per heavy atom. The van der Waals surface area contributed by atoms with Gasteiger partial charge in [0.25, 0.3) is 8.32 Å². The molecule has 0 spiro atoms. The van der Waals surface area contributed by atoms with Crippen LogP contribution in [-0.2, 0) is 18.4 Å². The molecule has 10 heteroatoms. The molecule has 3 atom stereocenters. The minimum Gasteiger partial charge on any atom is -0.543 e. The molecule has 298 valence electrons. The van der Waals surface area contributed by atoms with Crippen molar-refractivity contribution in [3.05, 3.63) is 72.0 Å². The Morgan fingerprint density at radius 1 is 0.830 bits per heavy atom. The fraction of sp³-hybridized carbons (Fsp3) is 0.628. The van der Waals surface area contributed by atoms with Crippen LogP contribution >= 0.6 is 0 Å². The number of ether oxygens (including phenoxy) is 1. The zero-order valence-corrected chi connectivity index (χ0v) is 39.1. The van der Waals surface area contributed by atoms with Crippen LogP contribution in [0.25, 0.3) is 6.08 Å². The Labute approximate surface area is 326 Å². The summed E-state index contributed by atoms with van der Waals surface area (Å²) in [5, 5.41) is 2.77. The van der Waals surface area contributed by atoms with Crippen molar-refractivity contribution in [1.29, 1.82) is 0 Å². The Morgan fingerprint density at radius 2 is 1.42 bits per heavy atom. The van der Waals surface area contributed by atoms with Gasteiger partial charge in [0.15, 0.2) is 16.6 Å². The molecule has 7 nitrogen and oxygen atoms in total. The van der Waals surface area contributed by atoms with Crippen LogP contribution in [0, 0.1) is 0 Å². The standard InChI is InChI=1S/C43H73NO6Si3/c1-17-18-19-20-29-38(45)44-30-23-27-34-31-36(49-52(13,14)42(5,6)7)32-35(48-51(11,12)41(2,3)4)26-21-24-33-25-22-28-37(39(33)40(46)47-34)50-53(15,16)43(8,9)10/h18-25,28-30,34-36H,17,26-27,31-32H2,1-16H3,(H,44,45)/b19-18-,24-21+,29-20-,30-23+/t34-,35+,36-/m0/s1. The highest BCUT2D eigenvalue weighted by molar-refractivity contribution is 6.75. The van der Waals surface area contributed by atoms with E-state index in [9.17, 15) is 9.59 Å². The van der Waals surface area contributed by atoms with Gasteiger partial charge in [0, 0.05) is 25.1 Å². The first-order chi connectivity index (χ1) is 24.2. The maximum atomic E-state index is 14.4. The summed E-state index contributed by atoms with van der Waals surface area (Å²) in [6.45, 7) is 35.7. The number of esters is 1. The third-order valence-electron chi connectivity index (χ3n) is 11.5. The summed E-state index contributed by atoms with van der Waals surface area (Å²) in [5.41, 5.74) is 1.20. The topological polar surface area (TPSA) is 83.1 Å². The van der Waals surface area contributed by atoms with Crippen molar-refractivity contribution in [2.45, 2.75) is 174 Å². The molecule has 0 fully saturated rings. The van der Waals surface area contributed by atoms with E-state index in [0.717, 1.165) is 12.0 Å². The third kappa shape index (κ3) is 14.3. The van der Waals surface area contributed by atoms with Gasteiger partial charge in [-0.1, -0.05) is 118 Å². The van der Waals surface area contributed by atoms with Crippen molar-refractivity contribution >= 4 is 42.9 Å². The predicted octanol–water partition coefficient (Wildman–Crippen LogP) is 12.1. The van der Waals surface area contributed by atoms with Gasteiger partial charge in [-0.25, -0.2) is 4.79 Å². The zero-order valence-electron chi connectivity index (χ0n) is 36.1. The third-order valence-corrected chi connectivity index (χ3v) is 24.9. The monoisotopic (exact) mass is 783 g/mol. The molecule has 53 heavy (non-hydrogen) atoms. The number of carbonyl (C=O) groups excluding carboxylic acids is 2. The van der Waals surface area contributed by atoms with E-state index in [1.807, 2.05) is 49.4 Å². The number of amides is 1. The van der Waals surface area contributed by atoms with Gasteiger partial charge in [0.05, 0.1) is 12.2 Å². The lowest BCUT2D eigenvalue weighted by atomic mass is 9.99. The normalized spacial score (nSPS) is 20.9. The van der Waals surface area contributed by atoms with E-state index in [1.54, 1.807) is 12.3 Å². The number of rotatable bonds is 12. The first-order valence-corrected chi connectivity index (χ1v) is 28.3. The molecule has 1 aromatic rings. The molecule has 1 heterocycles. The second-order valence-electron chi connectivity index (χ2n) is 19.1. The molecule has 0 saturated carbocycles. The molecule has 1 amide bonds. The number of hydrogen-bond acceptors (Lipinski definition) is 6. The number of benzene rings is 1. The van der Waals surface area contributed by atoms with Gasteiger partial charge >= 0.3 is 5.97 Å². The number of hydrogen-bond donors (Lipinski definition) is 1. The van der Waals surface area contributed by atoms with Crippen LogP contribution in [-0.4, -0.2) is 55.1 Å². The highest BCUT2D eigenvalue weighted by Crippen LogP contribution is 2.42. The van der Waals surface area contributed by atoms with Gasteiger partial charge in [0.1, 0.15) is 17.4 Å². The highest BCUT2D eigenvalue weighted by atomic mass is 28.4. The van der Waals surface area contributed by atoms with E-state index >= 15 is 0 Å². The lowest BCUT2D eigenvalue weighted by molar-refractivity contribution is -0.115. The fourth-order valence-corrected chi connectivity index (χ4v) is 8.88. The number of cyclic esters (lactones) is 1. The molecule has 1 aliphatic heterocycles. The van der Waals surface area contributed by atoms with Crippen molar-refractivity contribution in [1.82, 2.24) is 5.32 Å². The second-order valence-corrected chi connectivity index (χ2v) is 33.3. The van der Waals surface area contributed by atoms with Gasteiger partial charge in [0.2, 0.25) is 5.91 Å². The van der Waals surface area contributed by atoms with E-state index < -0.39 is 37.0 Å². The molecular formula is C43H73NO6Si3. The van der Waals surface area contributed by atoms with Gasteiger partial charge in [-0.15, -0.1) is 0 Å². The first-order valence-electron chi connectivity index (χ1n) is 19.5. The van der Waals surface area contributed by atoms with E-state index in [1.165, 1.54) is 6.08 Å². The van der Waals surface area contributed by atoms with Crippen LogP contribution in [0.3, 0.4) is 0 Å². The highest BCUT2D eigenvalue weighted by Gasteiger charge is 2.43. The number of allylic oxidation sites excluding steroid dienone is 3. The summed E-state index contributed by atoms with van der Waals surface area (Å²) in [6.07, 6.45) is 17.0. The second kappa shape index (κ2) is 18.9. The lowest BCUT2D eigenvalue weighted by Gasteiger charge is -2.43. The number of carbonyl (C=O) groups is 2. The van der Waals surface area contributed by atoms with Gasteiger partial charge in [-0.2, -0.15) is 0 Å². The van der Waals surface area contributed by atoms with Crippen molar-refractivity contribution in [2.24, 2.45) is 0 Å². The fourth-order valence-electron chi connectivity index (χ4n) is 5.09. The Hall–Kier alpha value is -2.51. The van der Waals surface area contributed by atoms with Crippen LogP contribution in [0.5, 0.6) is 5.75 Å². The molecule has 0 aliphatic carbocycles. The molecule has 0 aromatic heterocycles. The van der Waals surface area contributed by atoms with Gasteiger partial charge < -0.3 is 23.3 Å². The van der Waals surface area contributed by atoms with Gasteiger partial charge in [-0.05, 0) is 85.3 Å². The summed E-state index contributed by atoms with van der Waals surface area (Å²) in [4.78, 5) is 26.9. The smallest absolute Gasteiger partial charge is 0.342 e. The minimum atomic E-state index is -2.31. The molecular weight excluding hydrogens is 711 g/mol. The van der Waals surface area contributed by atoms with Crippen LogP contribution < -0.4 is 9.74 Å². The van der Waals surface area contributed by atoms with Crippen molar-refractivity contribution < 1.29 is 27.6 Å². The van der Waals surface area contributed by atoms with E-state index in [4.69, 9.17) is 18.0 Å². The SMILES string of the molecule is CC/C=C\C=C/C(=O)N/C=C/C[C@H]1C[C@H](O[Si](C)(C)C(C)(C)C)C[C@H](O[Si](C)(C)C(C)(C)C)C/C=C/c2cccc(O[Si](C)(C)C(C)(C)C)c2C(=O)O1. The molecule has 1 aliphatic rings. The van der Waals surface area contributed by atoms with E-state index in [2.05, 4.69) is 113 Å². The van der Waals surface area contributed by atoms with Crippen LogP contribution in [0.15, 0.2) is 60.9 Å². The van der Waals surface area contributed by atoms with Crippen LogP contribution in [0.4, 0.5) is 0 Å².